The molecule has 21 heavy (non-hydrogen) atoms. The van der Waals surface area contributed by atoms with Gasteiger partial charge in [-0.3, -0.25) is 16.2 Å². The average Bonchev–Trinajstić information content (AvgIpc) is 3.07. The minimum atomic E-state index is 0.0755. The van der Waals surface area contributed by atoms with Gasteiger partial charge >= 0.3 is 0 Å². The first-order valence-corrected chi connectivity index (χ1v) is 7.98. The molecule has 4 heteroatoms. The molecular formula is C17H29N3O. The minimum absolute atomic E-state index is 0.0755. The van der Waals surface area contributed by atoms with E-state index in [0.29, 0.717) is 0 Å². The zero-order valence-electron chi connectivity index (χ0n) is 13.6. The number of hydrazine groups is 1. The molecule has 1 aliphatic rings. The van der Waals surface area contributed by atoms with Crippen LogP contribution in [0.2, 0.25) is 0 Å². The Labute approximate surface area is 128 Å². The van der Waals surface area contributed by atoms with Crippen molar-refractivity contribution in [3.63, 3.8) is 0 Å². The molecule has 0 spiro atoms. The summed E-state index contributed by atoms with van der Waals surface area (Å²) in [6.07, 6.45) is 4.54. The van der Waals surface area contributed by atoms with E-state index < -0.39 is 0 Å². The number of hydrogen-bond acceptors (Lipinski definition) is 4. The number of likely N-dealkylation sites (tertiary alicyclic amines) is 1. The van der Waals surface area contributed by atoms with E-state index >= 15 is 0 Å². The highest BCUT2D eigenvalue weighted by atomic mass is 16.5. The van der Waals surface area contributed by atoms with Gasteiger partial charge in [0.15, 0.2) is 0 Å². The Balaban J connectivity index is 2.21. The number of nitrogens with one attached hydrogen (secondary N) is 1. The average molecular weight is 291 g/mol. The lowest BCUT2D eigenvalue weighted by molar-refractivity contribution is 0.0838. The molecule has 2 atom stereocenters. The van der Waals surface area contributed by atoms with Crippen molar-refractivity contribution in [1.29, 1.82) is 0 Å². The molecule has 1 aromatic carbocycles. The van der Waals surface area contributed by atoms with Crippen molar-refractivity contribution in [2.45, 2.75) is 51.1 Å². The van der Waals surface area contributed by atoms with Crippen LogP contribution in [0.3, 0.4) is 0 Å². The maximum absolute atomic E-state index is 5.92. The van der Waals surface area contributed by atoms with Crippen LogP contribution in [-0.2, 0) is 6.42 Å². The SMILES string of the molecule is CCC(C)(C(Cc1ccccc1OC)NN)N1CCCC1. The summed E-state index contributed by atoms with van der Waals surface area (Å²) in [4.78, 5) is 2.59. The van der Waals surface area contributed by atoms with E-state index in [4.69, 9.17) is 10.6 Å². The Morgan fingerprint density at radius 2 is 2.00 bits per heavy atom. The molecule has 118 valence electrons. The molecule has 0 radical (unpaired) electrons. The molecule has 0 bridgehead atoms. The third kappa shape index (κ3) is 3.39. The van der Waals surface area contributed by atoms with Crippen LogP contribution in [0.4, 0.5) is 0 Å². The summed E-state index contributed by atoms with van der Waals surface area (Å²) >= 11 is 0. The van der Waals surface area contributed by atoms with Crippen molar-refractivity contribution < 1.29 is 4.74 Å². The molecule has 1 aromatic rings. The van der Waals surface area contributed by atoms with E-state index in [9.17, 15) is 0 Å². The van der Waals surface area contributed by atoms with Gasteiger partial charge in [-0.15, -0.1) is 0 Å². The van der Waals surface area contributed by atoms with Gasteiger partial charge in [-0.1, -0.05) is 25.1 Å². The first-order valence-electron chi connectivity index (χ1n) is 7.98. The van der Waals surface area contributed by atoms with E-state index in [2.05, 4.69) is 36.3 Å². The summed E-state index contributed by atoms with van der Waals surface area (Å²) in [5, 5.41) is 0. The molecule has 1 saturated heterocycles. The topological polar surface area (TPSA) is 50.5 Å². The second-order valence-electron chi connectivity index (χ2n) is 6.14. The maximum atomic E-state index is 5.92. The quantitative estimate of drug-likeness (QED) is 0.598. The molecular weight excluding hydrogens is 262 g/mol. The van der Waals surface area contributed by atoms with Crippen molar-refractivity contribution in [2.75, 3.05) is 20.2 Å². The second kappa shape index (κ2) is 7.25. The van der Waals surface area contributed by atoms with Crippen molar-refractivity contribution in [3.8, 4) is 5.75 Å². The standard InChI is InChI=1S/C17H29N3O/c1-4-17(2,20-11-7-8-12-20)16(19-18)13-14-9-5-6-10-15(14)21-3/h5-6,9-10,16,19H,4,7-8,11-13,18H2,1-3H3. The van der Waals surface area contributed by atoms with Gasteiger partial charge in [-0.05, 0) is 57.3 Å². The number of nitrogens with zero attached hydrogens (tertiary/aromatic N) is 1. The molecule has 2 unspecified atom stereocenters. The Kier molecular flexibility index (Phi) is 5.62. The Morgan fingerprint density at radius 3 is 2.57 bits per heavy atom. The van der Waals surface area contributed by atoms with Gasteiger partial charge < -0.3 is 4.74 Å². The third-order valence-electron chi connectivity index (χ3n) is 5.11. The number of rotatable bonds is 7. The summed E-state index contributed by atoms with van der Waals surface area (Å²) in [6, 6.07) is 8.42. The first kappa shape index (κ1) is 16.3. The largest absolute Gasteiger partial charge is 0.496 e. The normalized spacial score (nSPS) is 20.2. The van der Waals surface area contributed by atoms with Crippen LogP contribution in [-0.4, -0.2) is 36.7 Å². The van der Waals surface area contributed by atoms with Crippen LogP contribution in [0, 0.1) is 0 Å². The number of methoxy groups -OCH3 is 1. The summed E-state index contributed by atoms with van der Waals surface area (Å²) in [5.74, 6) is 6.87. The van der Waals surface area contributed by atoms with Gasteiger partial charge in [0.25, 0.3) is 0 Å². The Bertz CT molecular complexity index is 445. The second-order valence-corrected chi connectivity index (χ2v) is 6.14. The van der Waals surface area contributed by atoms with Gasteiger partial charge in [0.2, 0.25) is 0 Å². The fourth-order valence-electron chi connectivity index (χ4n) is 3.47. The lowest BCUT2D eigenvalue weighted by Crippen LogP contribution is -2.61. The first-order chi connectivity index (χ1) is 10.2. The van der Waals surface area contributed by atoms with Crippen LogP contribution in [0.5, 0.6) is 5.75 Å². The van der Waals surface area contributed by atoms with E-state index in [0.717, 1.165) is 18.6 Å². The molecule has 1 heterocycles. The molecule has 0 aromatic heterocycles. The molecule has 0 aliphatic carbocycles. The van der Waals surface area contributed by atoms with E-state index in [1.807, 2.05) is 12.1 Å². The van der Waals surface area contributed by atoms with Gasteiger partial charge in [-0.2, -0.15) is 0 Å². The lowest BCUT2D eigenvalue weighted by atomic mass is 9.84. The van der Waals surface area contributed by atoms with Crippen molar-refractivity contribution in [3.05, 3.63) is 29.8 Å². The highest BCUT2D eigenvalue weighted by Crippen LogP contribution is 2.31. The molecule has 2 rings (SSSR count). The third-order valence-corrected chi connectivity index (χ3v) is 5.11. The molecule has 0 saturated carbocycles. The van der Waals surface area contributed by atoms with Crippen molar-refractivity contribution in [1.82, 2.24) is 10.3 Å². The van der Waals surface area contributed by atoms with Crippen LogP contribution < -0.4 is 16.0 Å². The van der Waals surface area contributed by atoms with Crippen LogP contribution in [0.1, 0.15) is 38.7 Å². The fraction of sp³-hybridized carbons (Fsp3) is 0.647. The summed E-state index contributed by atoms with van der Waals surface area (Å²) in [6.45, 7) is 6.94. The van der Waals surface area contributed by atoms with Crippen LogP contribution in [0.25, 0.3) is 0 Å². The summed E-state index contributed by atoms with van der Waals surface area (Å²) in [5.41, 5.74) is 4.36. The highest BCUT2D eigenvalue weighted by Gasteiger charge is 2.39. The monoisotopic (exact) mass is 291 g/mol. The number of ether oxygens (including phenoxy) is 1. The maximum Gasteiger partial charge on any atom is 0.122 e. The summed E-state index contributed by atoms with van der Waals surface area (Å²) < 4.78 is 5.48. The number of para-hydroxylation sites is 1. The van der Waals surface area contributed by atoms with Crippen molar-refractivity contribution >= 4 is 0 Å². The molecule has 0 amide bonds. The van der Waals surface area contributed by atoms with Gasteiger partial charge in [0, 0.05) is 11.6 Å². The molecule has 4 nitrogen and oxygen atoms in total. The fourth-order valence-corrected chi connectivity index (χ4v) is 3.47. The minimum Gasteiger partial charge on any atom is -0.496 e. The molecule has 1 fully saturated rings. The highest BCUT2D eigenvalue weighted by molar-refractivity contribution is 5.34. The molecule has 3 N–H and O–H groups in total. The predicted molar refractivity (Wildman–Crippen MR) is 87.3 cm³/mol. The van der Waals surface area contributed by atoms with E-state index in [1.165, 1.54) is 31.5 Å². The zero-order valence-corrected chi connectivity index (χ0v) is 13.6. The number of benzene rings is 1. The molecule has 1 aliphatic heterocycles. The Morgan fingerprint density at radius 1 is 1.33 bits per heavy atom. The number of nitrogens with two attached hydrogens (primary N) is 1. The smallest absolute Gasteiger partial charge is 0.122 e. The van der Waals surface area contributed by atoms with E-state index in [-0.39, 0.29) is 11.6 Å². The van der Waals surface area contributed by atoms with E-state index in [1.54, 1.807) is 7.11 Å². The zero-order chi connectivity index (χ0) is 15.3. The summed E-state index contributed by atoms with van der Waals surface area (Å²) in [7, 11) is 1.73. The number of hydrogen-bond donors (Lipinski definition) is 2. The lowest BCUT2D eigenvalue weighted by Gasteiger charge is -2.44. The van der Waals surface area contributed by atoms with Gasteiger partial charge in [0.05, 0.1) is 7.11 Å². The van der Waals surface area contributed by atoms with Crippen molar-refractivity contribution in [2.24, 2.45) is 5.84 Å². The predicted octanol–water partition coefficient (Wildman–Crippen LogP) is 2.33. The van der Waals surface area contributed by atoms with Crippen LogP contribution >= 0.6 is 0 Å². The van der Waals surface area contributed by atoms with Crippen LogP contribution in [0.15, 0.2) is 24.3 Å². The van der Waals surface area contributed by atoms with Gasteiger partial charge in [0.1, 0.15) is 5.75 Å². The Hall–Kier alpha value is -1.10. The van der Waals surface area contributed by atoms with Gasteiger partial charge in [-0.25, -0.2) is 0 Å².